The second-order valence-corrected chi connectivity index (χ2v) is 5.20. The first-order valence-corrected chi connectivity index (χ1v) is 7.26. The van der Waals surface area contributed by atoms with E-state index in [0.29, 0.717) is 24.6 Å². The third-order valence-electron chi connectivity index (χ3n) is 3.64. The largest absolute Gasteiger partial charge is 0.500 e. The second-order valence-electron chi connectivity index (χ2n) is 4.82. The molecule has 1 amide bonds. The summed E-state index contributed by atoms with van der Waals surface area (Å²) in [5.41, 5.74) is 1.50. The van der Waals surface area contributed by atoms with Crippen LogP contribution in [0.2, 0.25) is 0 Å². The highest BCUT2D eigenvalue weighted by molar-refractivity contribution is 6.18. The number of hydrogen-bond acceptors (Lipinski definition) is 5. The minimum Gasteiger partial charge on any atom is -0.500 e. The predicted molar refractivity (Wildman–Crippen MR) is 75.8 cm³/mol. The number of amides is 1. The molecule has 0 saturated carbocycles. The Labute approximate surface area is 128 Å². The highest BCUT2D eigenvalue weighted by Gasteiger charge is 2.38. The van der Waals surface area contributed by atoms with Crippen molar-refractivity contribution in [3.8, 4) is 0 Å². The van der Waals surface area contributed by atoms with Crippen molar-refractivity contribution >= 4 is 23.7 Å². The maximum atomic E-state index is 11.7. The van der Waals surface area contributed by atoms with Crippen LogP contribution in [0.4, 0.5) is 4.79 Å². The second kappa shape index (κ2) is 7.36. The van der Waals surface area contributed by atoms with Crippen LogP contribution in [0, 0.1) is 11.8 Å². The Morgan fingerprint density at radius 3 is 3.00 bits per heavy atom. The van der Waals surface area contributed by atoms with Gasteiger partial charge in [0.05, 0.1) is 25.6 Å². The van der Waals surface area contributed by atoms with E-state index in [1.165, 1.54) is 13.4 Å². The number of nitrogens with one attached hydrogen (secondary N) is 1. The van der Waals surface area contributed by atoms with Gasteiger partial charge in [0.1, 0.15) is 6.61 Å². The van der Waals surface area contributed by atoms with Crippen LogP contribution in [0.5, 0.6) is 0 Å². The SMILES string of the molecule is COC(=O)C1=COCC2C(COC(=O)NCCCl)=CCC12. The summed E-state index contributed by atoms with van der Waals surface area (Å²) in [6.45, 7) is 1.03. The lowest BCUT2D eigenvalue weighted by Crippen LogP contribution is -2.30. The molecule has 116 valence electrons. The molecule has 0 fully saturated rings. The molecular weight excluding hydrogens is 298 g/mol. The van der Waals surface area contributed by atoms with E-state index in [-0.39, 0.29) is 24.4 Å². The first-order valence-electron chi connectivity index (χ1n) is 6.72. The zero-order valence-electron chi connectivity index (χ0n) is 11.8. The van der Waals surface area contributed by atoms with Crippen LogP contribution < -0.4 is 5.32 Å². The van der Waals surface area contributed by atoms with Gasteiger partial charge < -0.3 is 19.5 Å². The maximum Gasteiger partial charge on any atom is 0.407 e. The number of halogens is 1. The summed E-state index contributed by atoms with van der Waals surface area (Å²) < 4.78 is 15.2. The molecule has 1 aliphatic heterocycles. The van der Waals surface area contributed by atoms with Crippen LogP contribution >= 0.6 is 11.6 Å². The minimum absolute atomic E-state index is 0.0377. The lowest BCUT2D eigenvalue weighted by Gasteiger charge is -2.27. The van der Waals surface area contributed by atoms with Crippen LogP contribution in [0.1, 0.15) is 6.42 Å². The summed E-state index contributed by atoms with van der Waals surface area (Å²) in [4.78, 5) is 23.1. The van der Waals surface area contributed by atoms with E-state index in [2.05, 4.69) is 5.32 Å². The summed E-state index contributed by atoms with van der Waals surface area (Å²) >= 11 is 5.48. The van der Waals surface area contributed by atoms with Gasteiger partial charge in [-0.1, -0.05) is 6.08 Å². The van der Waals surface area contributed by atoms with Gasteiger partial charge in [0, 0.05) is 24.3 Å². The fourth-order valence-electron chi connectivity index (χ4n) is 2.58. The molecule has 0 bridgehead atoms. The van der Waals surface area contributed by atoms with E-state index in [0.717, 1.165) is 12.0 Å². The minimum atomic E-state index is -0.500. The van der Waals surface area contributed by atoms with Gasteiger partial charge in [-0.3, -0.25) is 0 Å². The molecular formula is C14H18ClNO5. The quantitative estimate of drug-likeness (QED) is 0.474. The van der Waals surface area contributed by atoms with Gasteiger partial charge in [-0.25, -0.2) is 9.59 Å². The molecule has 2 rings (SSSR count). The summed E-state index contributed by atoms with van der Waals surface area (Å²) in [5.74, 6) is 0.0460. The molecule has 21 heavy (non-hydrogen) atoms. The number of fused-ring (bicyclic) bond motifs is 1. The van der Waals surface area contributed by atoms with Crippen LogP contribution in [0.15, 0.2) is 23.5 Å². The van der Waals surface area contributed by atoms with E-state index < -0.39 is 6.09 Å². The smallest absolute Gasteiger partial charge is 0.407 e. The number of alkyl halides is 1. The number of hydrogen-bond donors (Lipinski definition) is 1. The third-order valence-corrected chi connectivity index (χ3v) is 3.83. The van der Waals surface area contributed by atoms with Crippen LogP contribution in [-0.2, 0) is 19.0 Å². The van der Waals surface area contributed by atoms with Crippen LogP contribution in [-0.4, -0.2) is 44.8 Å². The zero-order chi connectivity index (χ0) is 15.2. The molecule has 1 heterocycles. The molecule has 2 atom stereocenters. The molecule has 1 N–H and O–H groups in total. The zero-order valence-corrected chi connectivity index (χ0v) is 12.5. The maximum absolute atomic E-state index is 11.7. The first kappa shape index (κ1) is 15.7. The molecule has 7 heteroatoms. The van der Waals surface area contributed by atoms with Crippen molar-refractivity contribution in [2.75, 3.05) is 32.7 Å². The standard InChI is InChI=1S/C14H18ClNO5/c1-19-13(17)12-8-20-7-11-9(2-3-10(11)12)6-21-14(18)16-5-4-15/h2,8,10-11H,3-7H2,1H3,(H,16,18). The molecule has 1 aliphatic carbocycles. The Morgan fingerprint density at radius 1 is 1.48 bits per heavy atom. The van der Waals surface area contributed by atoms with Crippen molar-refractivity contribution in [3.05, 3.63) is 23.5 Å². The summed E-state index contributed by atoms with van der Waals surface area (Å²) in [5, 5.41) is 2.53. The summed E-state index contributed by atoms with van der Waals surface area (Å²) in [6.07, 6.45) is 3.69. The van der Waals surface area contributed by atoms with Crippen molar-refractivity contribution in [2.24, 2.45) is 11.8 Å². The van der Waals surface area contributed by atoms with Crippen molar-refractivity contribution in [1.29, 1.82) is 0 Å². The molecule has 0 aromatic heterocycles. The summed E-state index contributed by atoms with van der Waals surface area (Å²) in [7, 11) is 1.35. The van der Waals surface area contributed by atoms with E-state index in [1.807, 2.05) is 6.08 Å². The van der Waals surface area contributed by atoms with Gasteiger partial charge in [0.15, 0.2) is 0 Å². The fraction of sp³-hybridized carbons (Fsp3) is 0.571. The average molecular weight is 316 g/mol. The van der Waals surface area contributed by atoms with Crippen LogP contribution in [0.3, 0.4) is 0 Å². The number of allylic oxidation sites excluding steroid dienone is 1. The van der Waals surface area contributed by atoms with Gasteiger partial charge in [-0.2, -0.15) is 0 Å². The van der Waals surface area contributed by atoms with Gasteiger partial charge in [0.2, 0.25) is 0 Å². The average Bonchev–Trinajstić information content (AvgIpc) is 2.93. The Balaban J connectivity index is 1.90. The number of esters is 1. The Kier molecular flexibility index (Phi) is 5.50. The summed E-state index contributed by atoms with van der Waals surface area (Å²) in [6, 6.07) is 0. The van der Waals surface area contributed by atoms with E-state index in [9.17, 15) is 9.59 Å². The molecule has 0 saturated heterocycles. The molecule has 2 aliphatic rings. The van der Waals surface area contributed by atoms with Crippen molar-refractivity contribution in [3.63, 3.8) is 0 Å². The van der Waals surface area contributed by atoms with E-state index in [4.69, 9.17) is 25.8 Å². The molecule has 0 aromatic carbocycles. The molecule has 0 radical (unpaired) electrons. The Hall–Kier alpha value is -1.69. The highest BCUT2D eigenvalue weighted by Crippen LogP contribution is 2.40. The normalized spacial score (nSPS) is 23.3. The number of methoxy groups -OCH3 is 1. The molecule has 2 unspecified atom stereocenters. The monoisotopic (exact) mass is 315 g/mol. The molecule has 0 spiro atoms. The van der Waals surface area contributed by atoms with Crippen LogP contribution in [0.25, 0.3) is 0 Å². The predicted octanol–water partition coefficient (Wildman–Crippen LogP) is 1.60. The van der Waals surface area contributed by atoms with Gasteiger partial charge in [-0.15, -0.1) is 11.6 Å². The highest BCUT2D eigenvalue weighted by atomic mass is 35.5. The molecule has 6 nitrogen and oxygen atoms in total. The van der Waals surface area contributed by atoms with E-state index in [1.54, 1.807) is 0 Å². The fourth-order valence-corrected chi connectivity index (χ4v) is 2.68. The van der Waals surface area contributed by atoms with E-state index >= 15 is 0 Å². The lowest BCUT2D eigenvalue weighted by molar-refractivity contribution is -0.137. The Morgan fingerprint density at radius 2 is 2.29 bits per heavy atom. The first-order chi connectivity index (χ1) is 10.2. The number of ether oxygens (including phenoxy) is 3. The van der Waals surface area contributed by atoms with Gasteiger partial charge in [0.25, 0.3) is 0 Å². The Bertz CT molecular complexity index is 474. The number of rotatable bonds is 5. The third kappa shape index (κ3) is 3.69. The number of carbonyl (C=O) groups excluding carboxylic acids is 2. The van der Waals surface area contributed by atoms with Crippen molar-refractivity contribution in [1.82, 2.24) is 5.32 Å². The topological polar surface area (TPSA) is 73.9 Å². The molecule has 0 aromatic rings. The van der Waals surface area contributed by atoms with Crippen molar-refractivity contribution < 1.29 is 23.8 Å². The number of carbonyl (C=O) groups is 2. The number of alkyl carbamates (subject to hydrolysis) is 1. The van der Waals surface area contributed by atoms with Crippen molar-refractivity contribution in [2.45, 2.75) is 6.42 Å². The lowest BCUT2D eigenvalue weighted by atomic mass is 9.85. The van der Waals surface area contributed by atoms with Gasteiger partial charge >= 0.3 is 12.1 Å². The van der Waals surface area contributed by atoms with Gasteiger partial charge in [-0.05, 0) is 12.0 Å².